The molecule has 3 rings (SSSR count). The Balaban J connectivity index is 1.58. The summed E-state index contributed by atoms with van der Waals surface area (Å²) in [6.45, 7) is 0. The van der Waals surface area contributed by atoms with Crippen LogP contribution in [0, 0.1) is 0 Å². The molecule has 0 bridgehead atoms. The topological polar surface area (TPSA) is 84.0 Å². The number of halogens is 6. The van der Waals surface area contributed by atoms with Crippen LogP contribution < -0.4 is 10.6 Å². The van der Waals surface area contributed by atoms with Gasteiger partial charge in [-0.2, -0.15) is 26.3 Å². The van der Waals surface area contributed by atoms with Gasteiger partial charge in [-0.15, -0.1) is 10.2 Å². The zero-order valence-corrected chi connectivity index (χ0v) is 17.8. The van der Waals surface area contributed by atoms with Gasteiger partial charge in [-0.05, 0) is 30.3 Å². The molecule has 0 saturated carbocycles. The van der Waals surface area contributed by atoms with Crippen molar-refractivity contribution in [2.45, 2.75) is 16.7 Å². The maximum Gasteiger partial charge on any atom is 0.417 e. The first-order valence-corrected chi connectivity index (χ1v) is 10.6. The Morgan fingerprint density at radius 1 is 0.909 bits per heavy atom. The van der Waals surface area contributed by atoms with E-state index in [0.717, 1.165) is 59.5 Å². The van der Waals surface area contributed by atoms with E-state index < -0.39 is 40.9 Å². The highest BCUT2D eigenvalue weighted by Gasteiger charge is 2.35. The summed E-state index contributed by atoms with van der Waals surface area (Å²) < 4.78 is 77.6. The Bertz CT molecular complexity index is 1160. The molecule has 0 atom stereocenters. The summed E-state index contributed by atoms with van der Waals surface area (Å²) in [5, 5.41) is 11.8. The van der Waals surface area contributed by atoms with Crippen molar-refractivity contribution in [3.05, 3.63) is 65.2 Å². The molecule has 1 heterocycles. The quantitative estimate of drug-likeness (QED) is 0.260. The lowest BCUT2D eigenvalue weighted by Gasteiger charge is -2.11. The summed E-state index contributed by atoms with van der Waals surface area (Å²) in [4.78, 5) is 24.2. The monoisotopic (exact) mass is 506 g/mol. The normalized spacial score (nSPS) is 11.8. The van der Waals surface area contributed by atoms with E-state index in [9.17, 15) is 35.9 Å². The molecule has 33 heavy (non-hydrogen) atoms. The van der Waals surface area contributed by atoms with Crippen molar-refractivity contribution in [1.29, 1.82) is 0 Å². The predicted octanol–water partition coefficient (Wildman–Crippen LogP) is 5.56. The fourth-order valence-electron chi connectivity index (χ4n) is 2.51. The summed E-state index contributed by atoms with van der Waals surface area (Å²) >= 11 is 1.71. The van der Waals surface area contributed by atoms with Crippen LogP contribution in [0.4, 0.5) is 37.2 Å². The van der Waals surface area contributed by atoms with E-state index in [2.05, 4.69) is 20.8 Å². The molecular weight excluding hydrogens is 494 g/mol. The van der Waals surface area contributed by atoms with Crippen LogP contribution in [0.3, 0.4) is 0 Å². The van der Waals surface area contributed by atoms with Gasteiger partial charge in [0.1, 0.15) is 0 Å². The Kier molecular flexibility index (Phi) is 7.27. The molecule has 0 fully saturated rings. The van der Waals surface area contributed by atoms with Crippen LogP contribution >= 0.6 is 23.1 Å². The smallest absolute Gasteiger partial charge is 0.325 e. The van der Waals surface area contributed by atoms with E-state index in [1.54, 1.807) is 0 Å². The van der Waals surface area contributed by atoms with E-state index in [4.69, 9.17) is 0 Å². The fraction of sp³-hybridized carbons (Fsp3) is 0.158. The summed E-state index contributed by atoms with van der Waals surface area (Å²) in [6.07, 6.45) is -9.27. The SMILES string of the molecule is O=C(CSc1nnc(NC(=O)c2ccccc2C(F)(F)F)s1)Nc1cccc(C(F)(F)F)c1. The first-order valence-electron chi connectivity index (χ1n) is 8.84. The van der Waals surface area contributed by atoms with Crippen LogP contribution in [0.2, 0.25) is 0 Å². The summed E-state index contributed by atoms with van der Waals surface area (Å²) in [7, 11) is 0. The number of carbonyl (C=O) groups is 2. The molecule has 6 nitrogen and oxygen atoms in total. The molecule has 2 N–H and O–H groups in total. The van der Waals surface area contributed by atoms with E-state index in [1.807, 2.05) is 0 Å². The first kappa shape index (κ1) is 24.5. The van der Waals surface area contributed by atoms with Crippen molar-refractivity contribution < 1.29 is 35.9 Å². The molecule has 0 saturated heterocycles. The van der Waals surface area contributed by atoms with Crippen LogP contribution in [0.5, 0.6) is 0 Å². The number of hydrogen-bond donors (Lipinski definition) is 2. The van der Waals surface area contributed by atoms with Crippen molar-refractivity contribution in [2.75, 3.05) is 16.4 Å². The van der Waals surface area contributed by atoms with Crippen LogP contribution in [0.1, 0.15) is 21.5 Å². The minimum atomic E-state index is -4.72. The molecule has 14 heteroatoms. The van der Waals surface area contributed by atoms with Crippen LogP contribution in [0.15, 0.2) is 52.9 Å². The van der Waals surface area contributed by atoms with E-state index in [-0.39, 0.29) is 20.9 Å². The number of carbonyl (C=O) groups excluding carboxylic acids is 2. The summed E-state index contributed by atoms with van der Waals surface area (Å²) in [5.41, 5.74) is -2.64. The standard InChI is InChI=1S/C19H12F6N4O2S2/c20-18(21,22)10-4-3-5-11(8-10)26-14(30)9-32-17-29-28-16(33-17)27-15(31)12-6-1-2-7-13(12)19(23,24)25/h1-8H,9H2,(H,26,30)(H,27,28,31). The molecule has 1 aromatic heterocycles. The number of benzene rings is 2. The van der Waals surface area contributed by atoms with Gasteiger partial charge in [-0.1, -0.05) is 41.3 Å². The van der Waals surface area contributed by atoms with Crippen molar-refractivity contribution >= 4 is 45.7 Å². The van der Waals surface area contributed by atoms with E-state index >= 15 is 0 Å². The molecule has 0 aliphatic carbocycles. The zero-order chi connectivity index (χ0) is 24.2. The molecule has 2 amide bonds. The average molecular weight is 506 g/mol. The average Bonchev–Trinajstić information content (AvgIpc) is 3.18. The maximum absolute atomic E-state index is 13.1. The second-order valence-electron chi connectivity index (χ2n) is 6.29. The second kappa shape index (κ2) is 9.79. The Morgan fingerprint density at radius 3 is 2.33 bits per heavy atom. The van der Waals surface area contributed by atoms with E-state index in [0.29, 0.717) is 0 Å². The lowest BCUT2D eigenvalue weighted by atomic mass is 10.1. The van der Waals surface area contributed by atoms with Gasteiger partial charge in [-0.3, -0.25) is 14.9 Å². The molecular formula is C19H12F6N4O2S2. The molecule has 0 spiro atoms. The van der Waals surface area contributed by atoms with Gasteiger partial charge in [-0.25, -0.2) is 0 Å². The minimum absolute atomic E-state index is 0.0380. The van der Waals surface area contributed by atoms with Crippen molar-refractivity contribution in [3.63, 3.8) is 0 Å². The van der Waals surface area contributed by atoms with Crippen molar-refractivity contribution in [2.24, 2.45) is 0 Å². The van der Waals surface area contributed by atoms with Gasteiger partial charge in [0.05, 0.1) is 22.4 Å². The minimum Gasteiger partial charge on any atom is -0.325 e. The van der Waals surface area contributed by atoms with E-state index in [1.165, 1.54) is 12.1 Å². The molecule has 0 aliphatic rings. The zero-order valence-electron chi connectivity index (χ0n) is 16.1. The third-order valence-corrected chi connectivity index (χ3v) is 5.88. The predicted molar refractivity (Wildman–Crippen MR) is 110 cm³/mol. The maximum atomic E-state index is 13.1. The summed E-state index contributed by atoms with van der Waals surface area (Å²) in [5.74, 6) is -1.87. The highest BCUT2D eigenvalue weighted by atomic mass is 32.2. The number of alkyl halides is 6. The highest BCUT2D eigenvalue weighted by molar-refractivity contribution is 8.01. The molecule has 2 aromatic carbocycles. The number of thioether (sulfide) groups is 1. The van der Waals surface area contributed by atoms with Gasteiger partial charge in [0.15, 0.2) is 4.34 Å². The lowest BCUT2D eigenvalue weighted by Crippen LogP contribution is -2.18. The summed E-state index contributed by atoms with van der Waals surface area (Å²) in [6, 6.07) is 8.36. The fourth-order valence-corrected chi connectivity index (χ4v) is 4.06. The van der Waals surface area contributed by atoms with Gasteiger partial charge in [0.2, 0.25) is 11.0 Å². The second-order valence-corrected chi connectivity index (χ2v) is 8.49. The largest absolute Gasteiger partial charge is 0.417 e. The van der Waals surface area contributed by atoms with Crippen molar-refractivity contribution in [1.82, 2.24) is 10.2 Å². The third-order valence-electron chi connectivity index (χ3n) is 3.90. The lowest BCUT2D eigenvalue weighted by molar-refractivity contribution is -0.138. The van der Waals surface area contributed by atoms with Crippen LogP contribution in [-0.4, -0.2) is 27.8 Å². The highest BCUT2D eigenvalue weighted by Crippen LogP contribution is 2.33. The van der Waals surface area contributed by atoms with Gasteiger partial charge in [0.25, 0.3) is 5.91 Å². The molecule has 174 valence electrons. The number of hydrogen-bond acceptors (Lipinski definition) is 6. The molecule has 0 radical (unpaired) electrons. The third kappa shape index (κ3) is 6.68. The van der Waals surface area contributed by atoms with Crippen LogP contribution in [-0.2, 0) is 17.1 Å². The van der Waals surface area contributed by atoms with Gasteiger partial charge in [0, 0.05) is 5.69 Å². The van der Waals surface area contributed by atoms with Gasteiger partial charge >= 0.3 is 12.4 Å². The van der Waals surface area contributed by atoms with Crippen LogP contribution in [0.25, 0.3) is 0 Å². The number of anilines is 2. The molecule has 0 unspecified atom stereocenters. The number of aromatic nitrogens is 2. The molecule has 3 aromatic rings. The first-order chi connectivity index (χ1) is 15.4. The Hall–Kier alpha value is -3.13. The number of nitrogens with zero attached hydrogens (tertiary/aromatic N) is 2. The Morgan fingerprint density at radius 2 is 1.64 bits per heavy atom. The number of nitrogens with one attached hydrogen (secondary N) is 2. The molecule has 0 aliphatic heterocycles. The Labute approximate surface area is 190 Å². The number of rotatable bonds is 6. The number of amides is 2. The van der Waals surface area contributed by atoms with Gasteiger partial charge < -0.3 is 5.32 Å². The van der Waals surface area contributed by atoms with Crippen molar-refractivity contribution in [3.8, 4) is 0 Å².